The van der Waals surface area contributed by atoms with E-state index in [0.717, 1.165) is 11.8 Å². The van der Waals surface area contributed by atoms with Gasteiger partial charge in [0.15, 0.2) is 9.84 Å². The summed E-state index contributed by atoms with van der Waals surface area (Å²) in [5.74, 6) is -0.265. The summed E-state index contributed by atoms with van der Waals surface area (Å²) in [5.41, 5.74) is 1.59. The van der Waals surface area contributed by atoms with Crippen LogP contribution in [0.15, 0.2) is 24.3 Å². The molecular weight excluding hydrogens is 278 g/mol. The molecule has 0 radical (unpaired) electrons. The number of benzene rings is 1. The molecule has 20 heavy (non-hydrogen) atoms. The zero-order chi connectivity index (χ0) is 14.3. The van der Waals surface area contributed by atoms with Gasteiger partial charge >= 0.3 is 0 Å². The third kappa shape index (κ3) is 2.04. The predicted octanol–water partition coefficient (Wildman–Crippen LogP) is 0.440. The van der Waals surface area contributed by atoms with Gasteiger partial charge in [-0.1, -0.05) is 18.2 Å². The van der Waals surface area contributed by atoms with E-state index in [0.29, 0.717) is 31.5 Å². The number of hydrogen-bond acceptors (Lipinski definition) is 4. The molecule has 3 aliphatic rings. The number of carbonyl (C=O) groups is 2. The van der Waals surface area contributed by atoms with Crippen LogP contribution in [0, 0.1) is 0 Å². The van der Waals surface area contributed by atoms with Gasteiger partial charge in [-0.15, -0.1) is 0 Å². The molecular formula is C14H15NO4S. The Hall–Kier alpha value is -1.69. The largest absolute Gasteiger partial charge is 0.340 e. The lowest BCUT2D eigenvalue weighted by atomic mass is 10.1. The van der Waals surface area contributed by atoms with Crippen LogP contribution in [0.3, 0.4) is 0 Å². The number of rotatable bonds is 4. The van der Waals surface area contributed by atoms with Gasteiger partial charge < -0.3 is 4.90 Å². The lowest BCUT2D eigenvalue weighted by molar-refractivity contribution is -0.133. The molecule has 3 aliphatic heterocycles. The highest BCUT2D eigenvalue weighted by Crippen LogP contribution is 2.36. The van der Waals surface area contributed by atoms with E-state index in [1.165, 1.54) is 0 Å². The van der Waals surface area contributed by atoms with Crippen molar-refractivity contribution in [3.05, 3.63) is 35.4 Å². The number of fused-ring (bicyclic) bond motifs is 2. The second-order valence-corrected chi connectivity index (χ2v) is 7.75. The molecule has 4 rings (SSSR count). The second-order valence-electron chi connectivity index (χ2n) is 5.33. The van der Waals surface area contributed by atoms with Crippen LogP contribution in [-0.4, -0.2) is 49.1 Å². The SMILES string of the molecule is O=Cc1cccc(CCN2CC3CC(C2=O)S3(=O)=O)c1. The summed E-state index contributed by atoms with van der Waals surface area (Å²) in [7, 11) is -3.18. The van der Waals surface area contributed by atoms with E-state index in [-0.39, 0.29) is 11.2 Å². The molecule has 2 bridgehead atoms. The van der Waals surface area contributed by atoms with E-state index in [9.17, 15) is 18.0 Å². The van der Waals surface area contributed by atoms with Crippen LogP contribution in [0.5, 0.6) is 0 Å². The maximum Gasteiger partial charge on any atom is 0.241 e. The molecule has 1 amide bonds. The number of hydrogen-bond donors (Lipinski definition) is 0. The van der Waals surface area contributed by atoms with Crippen molar-refractivity contribution in [2.45, 2.75) is 23.3 Å². The quantitative estimate of drug-likeness (QED) is 0.755. The minimum absolute atomic E-state index is 0.265. The number of carbonyl (C=O) groups excluding carboxylic acids is 2. The fraction of sp³-hybridized carbons (Fsp3) is 0.429. The Kier molecular flexibility index (Phi) is 3.12. The van der Waals surface area contributed by atoms with Gasteiger partial charge in [0.25, 0.3) is 0 Å². The summed E-state index contributed by atoms with van der Waals surface area (Å²) in [4.78, 5) is 24.4. The van der Waals surface area contributed by atoms with Gasteiger partial charge in [0, 0.05) is 18.7 Å². The third-order valence-electron chi connectivity index (χ3n) is 4.11. The lowest BCUT2D eigenvalue weighted by Crippen LogP contribution is -2.65. The van der Waals surface area contributed by atoms with E-state index >= 15 is 0 Å². The van der Waals surface area contributed by atoms with Crippen LogP contribution in [0.1, 0.15) is 22.3 Å². The van der Waals surface area contributed by atoms with E-state index in [1.807, 2.05) is 6.07 Å². The topological polar surface area (TPSA) is 71.5 Å². The maximum absolute atomic E-state index is 12.0. The minimum atomic E-state index is -3.18. The first-order valence-corrected chi connectivity index (χ1v) is 8.19. The van der Waals surface area contributed by atoms with Crippen molar-refractivity contribution < 1.29 is 18.0 Å². The van der Waals surface area contributed by atoms with Crippen molar-refractivity contribution in [1.82, 2.24) is 4.90 Å². The Morgan fingerprint density at radius 3 is 2.80 bits per heavy atom. The summed E-state index contributed by atoms with van der Waals surface area (Å²) in [6, 6.07) is 7.22. The first-order chi connectivity index (χ1) is 9.52. The molecule has 6 heteroatoms. The van der Waals surface area contributed by atoms with Crippen LogP contribution < -0.4 is 0 Å². The summed E-state index contributed by atoms with van der Waals surface area (Å²) in [6.07, 6.45) is 1.91. The van der Waals surface area contributed by atoms with Crippen molar-refractivity contribution in [2.75, 3.05) is 13.1 Å². The van der Waals surface area contributed by atoms with Crippen LogP contribution in [0.25, 0.3) is 0 Å². The summed E-state index contributed by atoms with van der Waals surface area (Å²) in [6.45, 7) is 0.814. The predicted molar refractivity (Wildman–Crippen MR) is 73.2 cm³/mol. The van der Waals surface area contributed by atoms with E-state index in [4.69, 9.17) is 0 Å². The number of amides is 1. The highest BCUT2D eigenvalue weighted by atomic mass is 32.2. The van der Waals surface area contributed by atoms with Gasteiger partial charge in [-0.3, -0.25) is 9.59 Å². The molecule has 0 spiro atoms. The van der Waals surface area contributed by atoms with Gasteiger partial charge in [0.05, 0.1) is 5.25 Å². The standard InChI is InChI=1S/C14H15NO4S/c16-9-11-3-1-2-10(6-11)4-5-15-8-12-7-13(14(15)17)20(12,18)19/h1-3,6,9,12-13H,4-5,7-8H2. The van der Waals surface area contributed by atoms with Crippen molar-refractivity contribution in [1.29, 1.82) is 0 Å². The molecule has 2 atom stereocenters. The Morgan fingerprint density at radius 1 is 1.35 bits per heavy atom. The van der Waals surface area contributed by atoms with Crippen LogP contribution in [-0.2, 0) is 21.1 Å². The molecule has 106 valence electrons. The summed E-state index contributed by atoms with van der Waals surface area (Å²) in [5, 5.41) is -1.17. The fourth-order valence-electron chi connectivity index (χ4n) is 2.86. The average Bonchev–Trinajstić information content (AvgIpc) is 2.45. The van der Waals surface area contributed by atoms with Crippen molar-refractivity contribution in [2.24, 2.45) is 0 Å². The van der Waals surface area contributed by atoms with Gasteiger partial charge in [-0.2, -0.15) is 0 Å². The van der Waals surface area contributed by atoms with Crippen molar-refractivity contribution in [3.8, 4) is 0 Å². The molecule has 3 saturated heterocycles. The highest BCUT2D eigenvalue weighted by Gasteiger charge is 2.56. The zero-order valence-corrected chi connectivity index (χ0v) is 11.7. The Bertz CT molecular complexity index is 668. The summed E-state index contributed by atoms with van der Waals surface area (Å²) < 4.78 is 23.3. The molecule has 0 saturated carbocycles. The molecule has 3 heterocycles. The van der Waals surface area contributed by atoms with E-state index < -0.39 is 15.1 Å². The molecule has 0 N–H and O–H groups in total. The van der Waals surface area contributed by atoms with E-state index in [1.54, 1.807) is 23.1 Å². The van der Waals surface area contributed by atoms with Crippen molar-refractivity contribution >= 4 is 22.0 Å². The smallest absolute Gasteiger partial charge is 0.241 e. The maximum atomic E-state index is 12.0. The molecule has 0 aliphatic carbocycles. The molecule has 2 unspecified atom stereocenters. The van der Waals surface area contributed by atoms with Gasteiger partial charge in [-0.05, 0) is 24.5 Å². The number of nitrogens with zero attached hydrogens (tertiary/aromatic N) is 1. The Morgan fingerprint density at radius 2 is 2.15 bits per heavy atom. The first kappa shape index (κ1) is 13.3. The minimum Gasteiger partial charge on any atom is -0.340 e. The molecule has 3 fully saturated rings. The second kappa shape index (κ2) is 4.70. The zero-order valence-electron chi connectivity index (χ0n) is 10.9. The molecule has 5 nitrogen and oxygen atoms in total. The highest BCUT2D eigenvalue weighted by molar-refractivity contribution is 7.95. The molecule has 1 aromatic carbocycles. The summed E-state index contributed by atoms with van der Waals surface area (Å²) >= 11 is 0. The normalized spacial score (nSPS) is 27.0. The van der Waals surface area contributed by atoms with Crippen molar-refractivity contribution in [3.63, 3.8) is 0 Å². The average molecular weight is 293 g/mol. The van der Waals surface area contributed by atoms with Crippen LogP contribution in [0.2, 0.25) is 0 Å². The molecule has 1 aromatic rings. The van der Waals surface area contributed by atoms with Gasteiger partial charge in [-0.25, -0.2) is 8.42 Å². The first-order valence-electron chi connectivity index (χ1n) is 6.58. The van der Waals surface area contributed by atoms with Crippen LogP contribution >= 0.6 is 0 Å². The third-order valence-corrected chi connectivity index (χ3v) is 6.56. The number of aldehydes is 1. The van der Waals surface area contributed by atoms with Crippen LogP contribution in [0.4, 0.5) is 0 Å². The lowest BCUT2D eigenvalue weighted by Gasteiger charge is -2.45. The number of sulfone groups is 1. The Balaban J connectivity index is 1.65. The van der Waals surface area contributed by atoms with Gasteiger partial charge in [0.2, 0.25) is 5.91 Å². The number of piperidine rings is 1. The molecule has 0 aromatic heterocycles. The van der Waals surface area contributed by atoms with E-state index in [2.05, 4.69) is 0 Å². The monoisotopic (exact) mass is 293 g/mol. The Labute approximate surface area is 117 Å². The fourth-order valence-corrected chi connectivity index (χ4v) is 4.75. The van der Waals surface area contributed by atoms with Gasteiger partial charge in [0.1, 0.15) is 11.5 Å².